The van der Waals surface area contributed by atoms with Crippen molar-refractivity contribution in [3.63, 3.8) is 0 Å². The Morgan fingerprint density at radius 2 is 1.91 bits per heavy atom. The highest BCUT2D eigenvalue weighted by atomic mass is 127. The van der Waals surface area contributed by atoms with E-state index in [1.807, 2.05) is 26.5 Å². The van der Waals surface area contributed by atoms with Crippen LogP contribution in [0.5, 0.6) is 0 Å². The number of imidazole rings is 1. The molecule has 3 rings (SSSR count). The second-order valence-electron chi connectivity index (χ2n) is 8.86. The zero-order valence-electron chi connectivity index (χ0n) is 20.2. The second-order valence-corrected chi connectivity index (χ2v) is 8.86. The third-order valence-corrected chi connectivity index (χ3v) is 6.25. The van der Waals surface area contributed by atoms with Gasteiger partial charge in [-0.05, 0) is 38.2 Å². The lowest BCUT2D eigenvalue weighted by Gasteiger charge is -2.31. The first-order valence-corrected chi connectivity index (χ1v) is 11.8. The summed E-state index contributed by atoms with van der Waals surface area (Å²) in [5, 5.41) is 6.76. The molecule has 8 heteroatoms. The lowest BCUT2D eigenvalue weighted by molar-refractivity contribution is -0.138. The van der Waals surface area contributed by atoms with Crippen LogP contribution >= 0.6 is 24.0 Å². The first-order valence-electron chi connectivity index (χ1n) is 11.8. The maximum Gasteiger partial charge on any atom is 0.230 e. The Morgan fingerprint density at radius 3 is 2.58 bits per heavy atom. The van der Waals surface area contributed by atoms with E-state index in [0.717, 1.165) is 63.4 Å². The van der Waals surface area contributed by atoms with Crippen LogP contribution in [-0.4, -0.2) is 53.5 Å². The third kappa shape index (κ3) is 7.72. The highest BCUT2D eigenvalue weighted by Crippen LogP contribution is 2.38. The molecule has 182 valence electrons. The molecular formula is C25H39IN6O. The van der Waals surface area contributed by atoms with Crippen LogP contribution in [0.25, 0.3) is 0 Å². The lowest BCUT2D eigenvalue weighted by Crippen LogP contribution is -2.49. The summed E-state index contributed by atoms with van der Waals surface area (Å²) in [6.45, 7) is 4.86. The number of nitrogens with zero attached hydrogens (tertiary/aromatic N) is 4. The number of carbonyl (C=O) groups is 1. The van der Waals surface area contributed by atoms with Crippen molar-refractivity contribution in [3.05, 3.63) is 54.1 Å². The minimum atomic E-state index is -0.324. The van der Waals surface area contributed by atoms with E-state index in [2.05, 4.69) is 57.4 Å². The molecule has 1 saturated carbocycles. The van der Waals surface area contributed by atoms with E-state index in [0.29, 0.717) is 13.1 Å². The molecule has 0 unspecified atom stereocenters. The molecule has 0 saturated heterocycles. The Morgan fingerprint density at radius 1 is 1.18 bits per heavy atom. The molecule has 0 atom stereocenters. The van der Waals surface area contributed by atoms with Gasteiger partial charge in [-0.2, -0.15) is 0 Å². The van der Waals surface area contributed by atoms with Gasteiger partial charge in [0.05, 0.1) is 5.41 Å². The van der Waals surface area contributed by atoms with Crippen molar-refractivity contribution in [1.29, 1.82) is 0 Å². The van der Waals surface area contributed by atoms with Crippen LogP contribution in [0.15, 0.2) is 47.7 Å². The average molecular weight is 567 g/mol. The number of aromatic nitrogens is 2. The maximum absolute atomic E-state index is 12.8. The first-order chi connectivity index (χ1) is 15.5. The number of aryl methyl sites for hydroxylation is 2. The topological polar surface area (TPSA) is 74.5 Å². The molecule has 1 amide bonds. The highest BCUT2D eigenvalue weighted by molar-refractivity contribution is 14.0. The van der Waals surface area contributed by atoms with E-state index >= 15 is 0 Å². The summed E-state index contributed by atoms with van der Waals surface area (Å²) < 4.78 is 2.18. The molecule has 1 heterocycles. The predicted molar refractivity (Wildman–Crippen MR) is 145 cm³/mol. The largest absolute Gasteiger partial charge is 0.357 e. The van der Waals surface area contributed by atoms with E-state index in [1.54, 1.807) is 4.90 Å². The number of hydrogen-bond donors (Lipinski definition) is 2. The molecule has 0 aliphatic heterocycles. The standard InChI is InChI=1S/C25H38N6O.HI/c1-4-26-24(29-20-25(14-8-9-15-25)23(32)30(2)3)28-19-22-27-16-18-31(22)17-10-13-21-11-6-5-7-12-21;/h5-7,11-12,16,18H,4,8-10,13-15,17,19-20H2,1-3H3,(H2,26,28,29);1H. The molecule has 1 fully saturated rings. The number of benzene rings is 1. The summed E-state index contributed by atoms with van der Waals surface area (Å²) >= 11 is 0. The van der Waals surface area contributed by atoms with Gasteiger partial charge in [-0.3, -0.25) is 4.79 Å². The summed E-state index contributed by atoms with van der Waals surface area (Å²) in [6.07, 6.45) is 10.1. The van der Waals surface area contributed by atoms with Crippen LogP contribution in [0.4, 0.5) is 0 Å². The number of nitrogens with one attached hydrogen (secondary N) is 2. The van der Waals surface area contributed by atoms with Crippen molar-refractivity contribution in [1.82, 2.24) is 25.1 Å². The van der Waals surface area contributed by atoms with Crippen LogP contribution in [0.3, 0.4) is 0 Å². The molecular weight excluding hydrogens is 527 g/mol. The van der Waals surface area contributed by atoms with Gasteiger partial charge >= 0.3 is 0 Å². The summed E-state index contributed by atoms with van der Waals surface area (Å²) in [6, 6.07) is 10.6. The van der Waals surface area contributed by atoms with Gasteiger partial charge in [0.15, 0.2) is 5.96 Å². The molecule has 1 aliphatic carbocycles. The quantitative estimate of drug-likeness (QED) is 0.261. The number of guanidine groups is 1. The molecule has 0 bridgehead atoms. The van der Waals surface area contributed by atoms with E-state index in [1.165, 1.54) is 5.56 Å². The van der Waals surface area contributed by atoms with E-state index in [9.17, 15) is 4.79 Å². The number of carbonyl (C=O) groups excluding carboxylic acids is 1. The fourth-order valence-electron chi connectivity index (χ4n) is 4.53. The van der Waals surface area contributed by atoms with Crippen LogP contribution in [0, 0.1) is 5.41 Å². The Labute approximate surface area is 215 Å². The number of amides is 1. The monoisotopic (exact) mass is 566 g/mol. The average Bonchev–Trinajstić information content (AvgIpc) is 3.46. The summed E-state index contributed by atoms with van der Waals surface area (Å²) in [7, 11) is 3.69. The van der Waals surface area contributed by atoms with Gasteiger partial charge in [-0.15, -0.1) is 24.0 Å². The van der Waals surface area contributed by atoms with E-state index < -0.39 is 0 Å². The number of aliphatic imine (C=N–C) groups is 1. The van der Waals surface area contributed by atoms with Crippen LogP contribution < -0.4 is 10.6 Å². The van der Waals surface area contributed by atoms with Crippen LogP contribution in [0.1, 0.15) is 50.4 Å². The first kappa shape index (κ1) is 27.1. The Hall–Kier alpha value is -2.10. The van der Waals surface area contributed by atoms with Gasteiger partial charge < -0.3 is 20.1 Å². The van der Waals surface area contributed by atoms with Crippen molar-refractivity contribution in [3.8, 4) is 0 Å². The minimum Gasteiger partial charge on any atom is -0.357 e. The zero-order chi connectivity index (χ0) is 22.8. The molecule has 1 aromatic carbocycles. The number of halogens is 1. The normalized spacial score (nSPS) is 15.1. The summed E-state index contributed by atoms with van der Waals surface area (Å²) in [5.74, 6) is 1.91. The zero-order valence-corrected chi connectivity index (χ0v) is 22.5. The number of hydrogen-bond acceptors (Lipinski definition) is 3. The van der Waals surface area contributed by atoms with E-state index in [-0.39, 0.29) is 35.3 Å². The SMILES string of the molecule is CCNC(=NCc1nccn1CCCc1ccccc1)NCC1(C(=O)N(C)C)CCCC1.I. The van der Waals surface area contributed by atoms with Crippen LogP contribution in [-0.2, 0) is 24.3 Å². The fourth-order valence-corrected chi connectivity index (χ4v) is 4.53. The molecule has 7 nitrogen and oxygen atoms in total. The van der Waals surface area contributed by atoms with Crippen molar-refractivity contribution < 1.29 is 4.79 Å². The Kier molecular flexibility index (Phi) is 11.2. The highest BCUT2D eigenvalue weighted by Gasteiger charge is 2.42. The van der Waals surface area contributed by atoms with E-state index in [4.69, 9.17) is 4.99 Å². The maximum atomic E-state index is 12.8. The molecule has 1 aliphatic rings. The van der Waals surface area contributed by atoms with Crippen LogP contribution in [0.2, 0.25) is 0 Å². The molecule has 2 N–H and O–H groups in total. The van der Waals surface area contributed by atoms with Gasteiger partial charge in [0, 0.05) is 46.1 Å². The van der Waals surface area contributed by atoms with Crippen molar-refractivity contribution in [2.24, 2.45) is 10.4 Å². The van der Waals surface area contributed by atoms with Gasteiger partial charge in [0.1, 0.15) is 12.4 Å². The third-order valence-electron chi connectivity index (χ3n) is 6.25. The van der Waals surface area contributed by atoms with Crippen molar-refractivity contribution >= 4 is 35.8 Å². The van der Waals surface area contributed by atoms with Gasteiger partial charge in [-0.25, -0.2) is 9.98 Å². The van der Waals surface area contributed by atoms with Gasteiger partial charge in [0.25, 0.3) is 0 Å². The predicted octanol–water partition coefficient (Wildman–Crippen LogP) is 3.84. The Balaban J connectivity index is 0.00000385. The molecule has 0 radical (unpaired) electrons. The second kappa shape index (κ2) is 13.6. The number of rotatable bonds is 10. The molecule has 1 aromatic heterocycles. The minimum absolute atomic E-state index is 0. The molecule has 33 heavy (non-hydrogen) atoms. The summed E-state index contributed by atoms with van der Waals surface area (Å²) in [5.41, 5.74) is 1.04. The van der Waals surface area contributed by atoms with Gasteiger partial charge in [0.2, 0.25) is 5.91 Å². The molecule has 0 spiro atoms. The van der Waals surface area contributed by atoms with Crippen molar-refractivity contribution in [2.45, 2.75) is 58.5 Å². The lowest BCUT2D eigenvalue weighted by atomic mass is 9.84. The molecule has 2 aromatic rings. The Bertz CT molecular complexity index is 874. The summed E-state index contributed by atoms with van der Waals surface area (Å²) in [4.78, 5) is 23.8. The smallest absolute Gasteiger partial charge is 0.230 e. The fraction of sp³-hybridized carbons (Fsp3) is 0.560. The van der Waals surface area contributed by atoms with Gasteiger partial charge in [-0.1, -0.05) is 43.2 Å². The van der Waals surface area contributed by atoms with Crippen molar-refractivity contribution in [2.75, 3.05) is 27.2 Å².